The van der Waals surface area contributed by atoms with Gasteiger partial charge < -0.3 is 10.5 Å². The van der Waals surface area contributed by atoms with Gasteiger partial charge in [0.1, 0.15) is 0 Å². The van der Waals surface area contributed by atoms with Crippen molar-refractivity contribution >= 4 is 0 Å². The van der Waals surface area contributed by atoms with E-state index in [4.69, 9.17) is 10.5 Å². The van der Waals surface area contributed by atoms with Gasteiger partial charge in [-0.3, -0.25) is 0 Å². The van der Waals surface area contributed by atoms with Crippen LogP contribution < -0.4 is 5.73 Å². The second-order valence-corrected chi connectivity index (χ2v) is 3.86. The Balaban J connectivity index is 2.73. The Bertz CT molecular complexity index is 148. The molecule has 0 aromatic heterocycles. The normalized spacial score (nSPS) is 51.5. The molecule has 1 saturated heterocycles. The summed E-state index contributed by atoms with van der Waals surface area (Å²) in [4.78, 5) is 0. The summed E-state index contributed by atoms with van der Waals surface area (Å²) in [6.45, 7) is 8.54. The Kier molecular flexibility index (Phi) is 2.26. The standard InChI is InChI=1S/C9H19NO/c1-5-9(4)6(2)8(10)7(3)11-9/h6-8H,5,10H2,1-4H3. The highest BCUT2D eigenvalue weighted by molar-refractivity contribution is 4.96. The van der Waals surface area contributed by atoms with Crippen molar-refractivity contribution in [3.8, 4) is 0 Å². The van der Waals surface area contributed by atoms with Crippen molar-refractivity contribution in [1.29, 1.82) is 0 Å². The van der Waals surface area contributed by atoms with Gasteiger partial charge in [-0.2, -0.15) is 0 Å². The lowest BCUT2D eigenvalue weighted by Crippen LogP contribution is -2.37. The Morgan fingerprint density at radius 2 is 2.00 bits per heavy atom. The molecule has 2 nitrogen and oxygen atoms in total. The highest BCUT2D eigenvalue weighted by Crippen LogP contribution is 2.36. The zero-order valence-corrected chi connectivity index (χ0v) is 7.92. The predicted octanol–water partition coefficient (Wildman–Crippen LogP) is 1.54. The van der Waals surface area contributed by atoms with Crippen molar-refractivity contribution in [1.82, 2.24) is 0 Å². The summed E-state index contributed by atoms with van der Waals surface area (Å²) in [6, 6.07) is 0.208. The van der Waals surface area contributed by atoms with Gasteiger partial charge in [0.05, 0.1) is 11.7 Å². The fourth-order valence-corrected chi connectivity index (χ4v) is 1.83. The summed E-state index contributed by atoms with van der Waals surface area (Å²) >= 11 is 0. The van der Waals surface area contributed by atoms with E-state index in [9.17, 15) is 0 Å². The largest absolute Gasteiger partial charge is 0.370 e. The molecule has 1 heterocycles. The molecule has 1 rings (SSSR count). The zero-order chi connectivity index (χ0) is 8.65. The minimum atomic E-state index is 0.0127. The molecular formula is C9H19NO. The number of rotatable bonds is 1. The van der Waals surface area contributed by atoms with Crippen LogP contribution in [0.2, 0.25) is 0 Å². The van der Waals surface area contributed by atoms with Crippen LogP contribution in [0.1, 0.15) is 34.1 Å². The highest BCUT2D eigenvalue weighted by Gasteiger charge is 2.44. The van der Waals surface area contributed by atoms with Gasteiger partial charge in [0.2, 0.25) is 0 Å². The zero-order valence-electron chi connectivity index (χ0n) is 7.92. The van der Waals surface area contributed by atoms with Gasteiger partial charge >= 0.3 is 0 Å². The molecule has 0 aromatic carbocycles. The van der Waals surface area contributed by atoms with Crippen LogP contribution in [-0.2, 0) is 4.74 Å². The van der Waals surface area contributed by atoms with Gasteiger partial charge in [-0.1, -0.05) is 13.8 Å². The van der Waals surface area contributed by atoms with E-state index in [1.807, 2.05) is 0 Å². The van der Waals surface area contributed by atoms with E-state index < -0.39 is 0 Å². The molecule has 0 aromatic rings. The molecule has 1 aliphatic heterocycles. The highest BCUT2D eigenvalue weighted by atomic mass is 16.5. The van der Waals surface area contributed by atoms with E-state index in [2.05, 4.69) is 27.7 Å². The molecule has 4 unspecified atom stereocenters. The predicted molar refractivity (Wildman–Crippen MR) is 46.4 cm³/mol. The molecule has 1 fully saturated rings. The average molecular weight is 157 g/mol. The monoisotopic (exact) mass is 157 g/mol. The van der Waals surface area contributed by atoms with Crippen molar-refractivity contribution in [2.45, 2.75) is 51.9 Å². The number of hydrogen-bond donors (Lipinski definition) is 1. The maximum atomic E-state index is 5.95. The Morgan fingerprint density at radius 1 is 1.45 bits per heavy atom. The molecule has 0 radical (unpaired) electrons. The van der Waals surface area contributed by atoms with E-state index in [1.54, 1.807) is 0 Å². The van der Waals surface area contributed by atoms with E-state index in [-0.39, 0.29) is 17.7 Å². The SMILES string of the molecule is CCC1(C)OC(C)C(N)C1C. The van der Waals surface area contributed by atoms with Crippen LogP contribution >= 0.6 is 0 Å². The van der Waals surface area contributed by atoms with Crippen LogP contribution in [0, 0.1) is 5.92 Å². The van der Waals surface area contributed by atoms with Crippen LogP contribution in [0.4, 0.5) is 0 Å². The molecule has 0 aliphatic carbocycles. The maximum absolute atomic E-state index is 5.95. The summed E-state index contributed by atoms with van der Waals surface area (Å²) in [5.74, 6) is 0.475. The lowest BCUT2D eigenvalue weighted by molar-refractivity contribution is -0.0387. The summed E-state index contributed by atoms with van der Waals surface area (Å²) in [5, 5.41) is 0. The lowest BCUT2D eigenvalue weighted by Gasteiger charge is -2.27. The minimum Gasteiger partial charge on any atom is -0.370 e. The van der Waals surface area contributed by atoms with Crippen LogP contribution in [0.15, 0.2) is 0 Å². The summed E-state index contributed by atoms with van der Waals surface area (Å²) in [7, 11) is 0. The first-order valence-corrected chi connectivity index (χ1v) is 4.44. The van der Waals surface area contributed by atoms with Crippen molar-refractivity contribution in [3.05, 3.63) is 0 Å². The first-order chi connectivity index (χ1) is 5.01. The van der Waals surface area contributed by atoms with Gasteiger partial charge in [-0.05, 0) is 20.3 Å². The maximum Gasteiger partial charge on any atom is 0.0709 e. The van der Waals surface area contributed by atoms with Gasteiger partial charge in [0, 0.05) is 12.0 Å². The second-order valence-electron chi connectivity index (χ2n) is 3.86. The number of ether oxygens (including phenoxy) is 1. The molecule has 11 heavy (non-hydrogen) atoms. The molecule has 2 heteroatoms. The van der Waals surface area contributed by atoms with Crippen molar-refractivity contribution in [3.63, 3.8) is 0 Å². The first-order valence-electron chi connectivity index (χ1n) is 4.44. The molecule has 0 saturated carbocycles. The third-order valence-corrected chi connectivity index (χ3v) is 3.24. The van der Waals surface area contributed by atoms with E-state index >= 15 is 0 Å². The smallest absolute Gasteiger partial charge is 0.0709 e. The molecule has 4 atom stereocenters. The quantitative estimate of drug-likeness (QED) is 0.626. The molecule has 0 spiro atoms. The van der Waals surface area contributed by atoms with Crippen LogP contribution in [0.25, 0.3) is 0 Å². The van der Waals surface area contributed by atoms with Crippen molar-refractivity contribution in [2.75, 3.05) is 0 Å². The van der Waals surface area contributed by atoms with Gasteiger partial charge in [0.15, 0.2) is 0 Å². The molecule has 0 bridgehead atoms. The Hall–Kier alpha value is -0.0800. The topological polar surface area (TPSA) is 35.2 Å². The Morgan fingerprint density at radius 3 is 2.18 bits per heavy atom. The van der Waals surface area contributed by atoms with Crippen LogP contribution in [0.3, 0.4) is 0 Å². The fraction of sp³-hybridized carbons (Fsp3) is 1.00. The van der Waals surface area contributed by atoms with E-state index in [0.29, 0.717) is 5.92 Å². The van der Waals surface area contributed by atoms with Crippen molar-refractivity contribution in [2.24, 2.45) is 11.7 Å². The summed E-state index contributed by atoms with van der Waals surface area (Å²) in [6.07, 6.45) is 1.27. The fourth-order valence-electron chi connectivity index (χ4n) is 1.83. The number of nitrogens with two attached hydrogens (primary N) is 1. The van der Waals surface area contributed by atoms with Crippen molar-refractivity contribution < 1.29 is 4.74 Å². The lowest BCUT2D eigenvalue weighted by atomic mass is 9.85. The van der Waals surface area contributed by atoms with Gasteiger partial charge in [-0.15, -0.1) is 0 Å². The molecule has 1 aliphatic rings. The van der Waals surface area contributed by atoms with E-state index in [0.717, 1.165) is 6.42 Å². The second kappa shape index (κ2) is 2.76. The molecule has 66 valence electrons. The Labute approximate surface area is 69.1 Å². The third kappa shape index (κ3) is 1.30. The van der Waals surface area contributed by atoms with E-state index in [1.165, 1.54) is 0 Å². The molecular weight excluding hydrogens is 138 g/mol. The molecule has 2 N–H and O–H groups in total. The molecule has 0 amide bonds. The van der Waals surface area contributed by atoms with Crippen LogP contribution in [0.5, 0.6) is 0 Å². The van der Waals surface area contributed by atoms with Gasteiger partial charge in [-0.25, -0.2) is 0 Å². The first kappa shape index (κ1) is 9.01. The summed E-state index contributed by atoms with van der Waals surface area (Å²) in [5.41, 5.74) is 5.96. The number of hydrogen-bond acceptors (Lipinski definition) is 2. The van der Waals surface area contributed by atoms with Crippen LogP contribution in [-0.4, -0.2) is 17.7 Å². The minimum absolute atomic E-state index is 0.0127. The average Bonchev–Trinajstić information content (AvgIpc) is 2.17. The third-order valence-electron chi connectivity index (χ3n) is 3.24. The summed E-state index contributed by atoms with van der Waals surface area (Å²) < 4.78 is 5.80. The van der Waals surface area contributed by atoms with Gasteiger partial charge in [0.25, 0.3) is 0 Å².